The lowest BCUT2D eigenvalue weighted by molar-refractivity contribution is 0.0859. The van der Waals surface area contributed by atoms with Crippen molar-refractivity contribution in [1.29, 1.82) is 0 Å². The van der Waals surface area contributed by atoms with Gasteiger partial charge >= 0.3 is 0 Å². The standard InChI is InChI=1S/C23H22N6O2/c24-21-19(23(30)25-14-16-9-6-12-31-16)20-22(28-18-11-5-4-10-17(18)27-20)29(21)26-13-15-7-2-1-3-8-15/h1-5,7-8,10-11,13,16H,6,9,12,14,24H2,(H,25,30)/b26-13-/t16-/m0/s1. The minimum atomic E-state index is -0.309. The van der Waals surface area contributed by atoms with Crippen LogP contribution in [0.1, 0.15) is 28.8 Å². The molecule has 3 N–H and O–H groups in total. The summed E-state index contributed by atoms with van der Waals surface area (Å²) in [7, 11) is 0. The molecule has 2 aromatic carbocycles. The maximum absolute atomic E-state index is 13.1. The molecule has 0 spiro atoms. The van der Waals surface area contributed by atoms with Crippen LogP contribution in [0.4, 0.5) is 5.82 Å². The Bertz CT molecular complexity index is 1280. The van der Waals surface area contributed by atoms with Gasteiger partial charge in [-0.1, -0.05) is 42.5 Å². The second-order valence-electron chi connectivity index (χ2n) is 7.46. The third-order valence-corrected chi connectivity index (χ3v) is 5.34. The van der Waals surface area contributed by atoms with Crippen LogP contribution in [0, 0.1) is 0 Å². The number of para-hydroxylation sites is 2. The molecule has 31 heavy (non-hydrogen) atoms. The number of rotatable bonds is 5. The van der Waals surface area contributed by atoms with E-state index >= 15 is 0 Å². The molecule has 1 amide bonds. The zero-order chi connectivity index (χ0) is 21.2. The first kappa shape index (κ1) is 19.2. The number of fused-ring (bicyclic) bond motifs is 2. The fourth-order valence-electron chi connectivity index (χ4n) is 3.75. The number of nitrogens with zero attached hydrogens (tertiary/aromatic N) is 4. The Morgan fingerprint density at radius 2 is 1.90 bits per heavy atom. The monoisotopic (exact) mass is 414 g/mol. The molecule has 1 aliphatic heterocycles. The van der Waals surface area contributed by atoms with E-state index in [2.05, 4.69) is 15.4 Å². The SMILES string of the molecule is Nc1c(C(=O)NC[C@@H]2CCCO2)c2nc3ccccc3nc2n1/N=C\c1ccccc1. The zero-order valence-electron chi connectivity index (χ0n) is 16.9. The first-order valence-corrected chi connectivity index (χ1v) is 10.3. The molecule has 2 aromatic heterocycles. The normalized spacial score (nSPS) is 16.5. The Kier molecular flexibility index (Phi) is 5.05. The van der Waals surface area contributed by atoms with Gasteiger partial charge in [0.1, 0.15) is 16.9 Å². The summed E-state index contributed by atoms with van der Waals surface area (Å²) in [5, 5.41) is 7.44. The van der Waals surface area contributed by atoms with Crippen LogP contribution < -0.4 is 11.1 Å². The molecule has 0 unspecified atom stereocenters. The minimum absolute atomic E-state index is 0.0292. The number of carbonyl (C=O) groups excluding carboxylic acids is 1. The molecule has 0 saturated carbocycles. The highest BCUT2D eigenvalue weighted by molar-refractivity contribution is 6.10. The summed E-state index contributed by atoms with van der Waals surface area (Å²) in [6.07, 6.45) is 3.65. The molecular formula is C23H22N6O2. The van der Waals surface area contributed by atoms with Gasteiger partial charge < -0.3 is 15.8 Å². The number of carbonyl (C=O) groups is 1. The third kappa shape index (κ3) is 3.73. The van der Waals surface area contributed by atoms with Gasteiger partial charge in [0.2, 0.25) is 0 Å². The molecule has 0 bridgehead atoms. The number of hydrogen-bond donors (Lipinski definition) is 2. The zero-order valence-corrected chi connectivity index (χ0v) is 16.9. The average molecular weight is 414 g/mol. The van der Waals surface area contributed by atoms with Gasteiger partial charge in [-0.2, -0.15) is 9.78 Å². The smallest absolute Gasteiger partial charge is 0.257 e. The number of aromatic nitrogens is 3. The Labute approximate surface area is 178 Å². The second kappa shape index (κ2) is 8.16. The van der Waals surface area contributed by atoms with Crippen molar-refractivity contribution in [2.75, 3.05) is 18.9 Å². The summed E-state index contributed by atoms with van der Waals surface area (Å²) in [6.45, 7) is 1.16. The van der Waals surface area contributed by atoms with E-state index in [1.807, 2.05) is 54.6 Å². The van der Waals surface area contributed by atoms with Gasteiger partial charge in [-0.05, 0) is 30.5 Å². The summed E-state index contributed by atoms with van der Waals surface area (Å²) in [5.41, 5.74) is 9.83. The van der Waals surface area contributed by atoms with E-state index in [4.69, 9.17) is 15.5 Å². The minimum Gasteiger partial charge on any atom is -0.383 e. The van der Waals surface area contributed by atoms with Gasteiger partial charge in [0.05, 0.1) is 23.4 Å². The van der Waals surface area contributed by atoms with Gasteiger partial charge in [-0.25, -0.2) is 9.97 Å². The number of nitrogen functional groups attached to an aromatic ring is 1. The van der Waals surface area contributed by atoms with E-state index in [9.17, 15) is 4.79 Å². The van der Waals surface area contributed by atoms with Crippen LogP contribution >= 0.6 is 0 Å². The van der Waals surface area contributed by atoms with Crippen LogP contribution in [-0.4, -0.2) is 46.0 Å². The molecular weight excluding hydrogens is 392 g/mol. The first-order chi connectivity index (χ1) is 15.2. The predicted molar refractivity (Wildman–Crippen MR) is 120 cm³/mol. The summed E-state index contributed by atoms with van der Waals surface area (Å²) in [5.74, 6) is -0.112. The van der Waals surface area contributed by atoms with E-state index in [0.29, 0.717) is 28.7 Å². The molecule has 1 atom stereocenters. The molecule has 8 nitrogen and oxygen atoms in total. The van der Waals surface area contributed by atoms with Gasteiger partial charge in [0.15, 0.2) is 5.65 Å². The Balaban J connectivity index is 1.59. The van der Waals surface area contributed by atoms with Gasteiger partial charge in [0.25, 0.3) is 5.91 Å². The van der Waals surface area contributed by atoms with Crippen LogP contribution in [-0.2, 0) is 4.74 Å². The van der Waals surface area contributed by atoms with Crippen molar-refractivity contribution in [2.24, 2.45) is 5.10 Å². The second-order valence-corrected chi connectivity index (χ2v) is 7.46. The topological polar surface area (TPSA) is 107 Å². The van der Waals surface area contributed by atoms with E-state index in [0.717, 1.165) is 25.0 Å². The van der Waals surface area contributed by atoms with E-state index in [-0.39, 0.29) is 23.4 Å². The van der Waals surface area contributed by atoms with Crippen LogP contribution in [0.3, 0.4) is 0 Å². The molecule has 1 saturated heterocycles. The van der Waals surface area contributed by atoms with E-state index < -0.39 is 0 Å². The molecule has 1 fully saturated rings. The lowest BCUT2D eigenvalue weighted by Gasteiger charge is -2.10. The summed E-state index contributed by atoms with van der Waals surface area (Å²) in [6, 6.07) is 17.2. The Hall–Kier alpha value is -3.78. The van der Waals surface area contributed by atoms with Crippen molar-refractivity contribution in [2.45, 2.75) is 18.9 Å². The molecule has 5 rings (SSSR count). The first-order valence-electron chi connectivity index (χ1n) is 10.3. The van der Waals surface area contributed by atoms with Crippen molar-refractivity contribution >= 4 is 40.1 Å². The molecule has 8 heteroatoms. The van der Waals surface area contributed by atoms with Gasteiger partial charge in [-0.15, -0.1) is 0 Å². The number of nitrogens with two attached hydrogens (primary N) is 1. The van der Waals surface area contributed by atoms with Gasteiger partial charge in [-0.3, -0.25) is 4.79 Å². The van der Waals surface area contributed by atoms with Crippen molar-refractivity contribution < 1.29 is 9.53 Å². The largest absolute Gasteiger partial charge is 0.383 e. The van der Waals surface area contributed by atoms with Crippen molar-refractivity contribution in [3.8, 4) is 0 Å². The van der Waals surface area contributed by atoms with Crippen LogP contribution in [0.25, 0.3) is 22.2 Å². The van der Waals surface area contributed by atoms with Crippen molar-refractivity contribution in [3.63, 3.8) is 0 Å². The molecule has 156 valence electrons. The lowest BCUT2D eigenvalue weighted by Crippen LogP contribution is -2.32. The highest BCUT2D eigenvalue weighted by atomic mass is 16.5. The fraction of sp³-hybridized carbons (Fsp3) is 0.217. The maximum atomic E-state index is 13.1. The van der Waals surface area contributed by atoms with Crippen LogP contribution in [0.2, 0.25) is 0 Å². The molecule has 0 aliphatic carbocycles. The predicted octanol–water partition coefficient (Wildman–Crippen LogP) is 2.96. The van der Waals surface area contributed by atoms with Crippen LogP contribution in [0.5, 0.6) is 0 Å². The number of benzene rings is 2. The molecule has 4 aromatic rings. The Morgan fingerprint density at radius 1 is 1.16 bits per heavy atom. The van der Waals surface area contributed by atoms with E-state index in [1.54, 1.807) is 6.21 Å². The van der Waals surface area contributed by atoms with Crippen LogP contribution in [0.15, 0.2) is 59.7 Å². The maximum Gasteiger partial charge on any atom is 0.257 e. The number of anilines is 1. The summed E-state index contributed by atoms with van der Waals surface area (Å²) < 4.78 is 7.08. The van der Waals surface area contributed by atoms with Crippen molar-refractivity contribution in [1.82, 2.24) is 20.0 Å². The van der Waals surface area contributed by atoms with E-state index in [1.165, 1.54) is 4.68 Å². The fourth-order valence-corrected chi connectivity index (χ4v) is 3.75. The number of ether oxygens (including phenoxy) is 1. The summed E-state index contributed by atoms with van der Waals surface area (Å²) >= 11 is 0. The molecule has 1 aliphatic rings. The summed E-state index contributed by atoms with van der Waals surface area (Å²) in [4.78, 5) is 22.5. The Morgan fingerprint density at radius 3 is 2.65 bits per heavy atom. The third-order valence-electron chi connectivity index (χ3n) is 5.34. The number of amides is 1. The van der Waals surface area contributed by atoms with Gasteiger partial charge in [0, 0.05) is 13.2 Å². The lowest BCUT2D eigenvalue weighted by atomic mass is 10.2. The molecule has 3 heterocycles. The quantitative estimate of drug-likeness (QED) is 0.488. The highest BCUT2D eigenvalue weighted by Gasteiger charge is 2.25. The number of nitrogens with one attached hydrogen (secondary N) is 1. The molecule has 0 radical (unpaired) electrons. The van der Waals surface area contributed by atoms with Crippen molar-refractivity contribution in [3.05, 3.63) is 65.7 Å². The highest BCUT2D eigenvalue weighted by Crippen LogP contribution is 2.28. The average Bonchev–Trinajstić information content (AvgIpc) is 3.41. The number of hydrogen-bond acceptors (Lipinski definition) is 6.